The van der Waals surface area contributed by atoms with Crippen LogP contribution in [0.15, 0.2) is 0 Å². The van der Waals surface area contributed by atoms with Crippen LogP contribution in [-0.2, 0) is 42.7 Å². The van der Waals surface area contributed by atoms with Crippen molar-refractivity contribution in [2.24, 2.45) is 0 Å². The summed E-state index contributed by atoms with van der Waals surface area (Å²) in [7, 11) is 0. The van der Waals surface area contributed by atoms with E-state index in [1.54, 1.807) is 0 Å². The van der Waals surface area contributed by atoms with Crippen molar-refractivity contribution < 1.29 is 42.7 Å². The van der Waals surface area contributed by atoms with Gasteiger partial charge in [-0.3, -0.25) is 0 Å². The third-order valence-electron chi connectivity index (χ3n) is 3.63. The Kier molecular flexibility index (Phi) is 18.4. The van der Waals surface area contributed by atoms with E-state index in [1.165, 1.54) is 0 Å². The normalized spacial score (nSPS) is 12.1. The lowest BCUT2D eigenvalue weighted by atomic mass is 10.2. The highest BCUT2D eigenvalue weighted by atomic mass is 16.6. The second-order valence-corrected chi connectivity index (χ2v) is 9.53. The predicted octanol–water partition coefficient (Wildman–Crippen LogP) is 3.31. The summed E-state index contributed by atoms with van der Waals surface area (Å²) in [5, 5.41) is 0. The van der Waals surface area contributed by atoms with Crippen molar-refractivity contribution in [3.63, 3.8) is 0 Å². The topological polar surface area (TPSA) is 98.8 Å². The van der Waals surface area contributed by atoms with Gasteiger partial charge in [-0.15, -0.1) is 0 Å². The van der Waals surface area contributed by atoms with Crippen LogP contribution in [0, 0.1) is 0 Å². The summed E-state index contributed by atoms with van der Waals surface area (Å²) in [6.45, 7) is 15.3. The van der Waals surface area contributed by atoms with Crippen molar-refractivity contribution in [3.05, 3.63) is 0 Å². The molecule has 0 N–H and O–H groups in total. The number of rotatable bonds is 20. The molecule has 33 heavy (non-hydrogen) atoms. The van der Waals surface area contributed by atoms with Gasteiger partial charge in [-0.25, -0.2) is 9.59 Å². The van der Waals surface area contributed by atoms with Gasteiger partial charge in [0.15, 0.2) is 0 Å². The molecule has 9 heteroatoms. The number of hydrogen-bond donors (Lipinski definition) is 0. The Morgan fingerprint density at radius 1 is 0.455 bits per heavy atom. The molecule has 0 aromatic rings. The molecule has 0 fully saturated rings. The summed E-state index contributed by atoms with van der Waals surface area (Å²) in [5.41, 5.74) is -0.979. The van der Waals surface area contributed by atoms with Gasteiger partial charge in [0.1, 0.15) is 24.4 Å². The van der Waals surface area contributed by atoms with Crippen molar-refractivity contribution in [2.75, 3.05) is 66.1 Å². The molecular weight excluding hydrogens is 432 g/mol. The molecule has 0 saturated carbocycles. The molecule has 0 aliphatic heterocycles. The molecule has 0 spiro atoms. The summed E-state index contributed by atoms with van der Waals surface area (Å²) < 4.78 is 37.3. The van der Waals surface area contributed by atoms with Gasteiger partial charge in [0.05, 0.1) is 13.2 Å². The summed E-state index contributed by atoms with van der Waals surface area (Å²) in [6, 6.07) is 0. The van der Waals surface area contributed by atoms with Crippen molar-refractivity contribution in [1.29, 1.82) is 0 Å². The highest BCUT2D eigenvalue weighted by molar-refractivity contribution is 5.71. The number of carbonyl (C=O) groups excluding carboxylic acids is 2. The Labute approximate surface area is 199 Å². The van der Waals surface area contributed by atoms with Gasteiger partial charge >= 0.3 is 11.9 Å². The van der Waals surface area contributed by atoms with Crippen LogP contribution < -0.4 is 0 Å². The minimum Gasteiger partial charge on any atom is -0.458 e. The minimum atomic E-state index is -0.495. The van der Waals surface area contributed by atoms with Crippen LogP contribution in [0.25, 0.3) is 0 Å². The van der Waals surface area contributed by atoms with Gasteiger partial charge in [0.25, 0.3) is 0 Å². The van der Waals surface area contributed by atoms with Gasteiger partial charge < -0.3 is 33.2 Å². The quantitative estimate of drug-likeness (QED) is 0.193. The highest BCUT2D eigenvalue weighted by Crippen LogP contribution is 2.07. The second kappa shape index (κ2) is 19.1. The average molecular weight is 479 g/mol. The number of unbranched alkanes of at least 4 members (excludes halogenated alkanes) is 1. The van der Waals surface area contributed by atoms with E-state index in [-0.39, 0.29) is 25.2 Å². The van der Waals surface area contributed by atoms with E-state index < -0.39 is 11.2 Å². The molecular formula is C24H46O9. The minimum absolute atomic E-state index is 0.0263. The molecule has 0 aliphatic rings. The van der Waals surface area contributed by atoms with E-state index in [0.717, 1.165) is 25.7 Å². The monoisotopic (exact) mass is 478 g/mol. The molecule has 0 saturated heterocycles. The molecule has 196 valence electrons. The maximum Gasteiger partial charge on any atom is 0.332 e. The first-order valence-corrected chi connectivity index (χ1v) is 11.8. The first-order valence-electron chi connectivity index (χ1n) is 11.8. The zero-order chi connectivity index (χ0) is 25.0. The summed E-state index contributed by atoms with van der Waals surface area (Å²) in [4.78, 5) is 22.9. The fourth-order valence-electron chi connectivity index (χ4n) is 2.41. The average Bonchev–Trinajstić information content (AvgIpc) is 2.67. The van der Waals surface area contributed by atoms with E-state index in [9.17, 15) is 9.59 Å². The van der Waals surface area contributed by atoms with Crippen LogP contribution in [0.2, 0.25) is 0 Å². The smallest absolute Gasteiger partial charge is 0.332 e. The van der Waals surface area contributed by atoms with E-state index in [2.05, 4.69) is 0 Å². The molecule has 0 aromatic carbocycles. The highest BCUT2D eigenvalue weighted by Gasteiger charge is 2.16. The molecule has 0 radical (unpaired) electrons. The Morgan fingerprint density at radius 3 is 1.18 bits per heavy atom. The van der Waals surface area contributed by atoms with Crippen LogP contribution in [0.4, 0.5) is 0 Å². The molecule has 0 aliphatic carbocycles. The lowest BCUT2D eigenvalue weighted by molar-refractivity contribution is -0.161. The second-order valence-electron chi connectivity index (χ2n) is 9.53. The van der Waals surface area contributed by atoms with Crippen molar-refractivity contribution in [2.45, 2.75) is 78.4 Å². The maximum atomic E-state index is 11.5. The van der Waals surface area contributed by atoms with Crippen molar-refractivity contribution >= 4 is 11.9 Å². The number of hydrogen-bond acceptors (Lipinski definition) is 9. The predicted molar refractivity (Wildman–Crippen MR) is 124 cm³/mol. The van der Waals surface area contributed by atoms with Gasteiger partial charge in [0.2, 0.25) is 0 Å². The molecule has 0 heterocycles. The van der Waals surface area contributed by atoms with Crippen LogP contribution in [0.3, 0.4) is 0 Å². The number of ether oxygens (including phenoxy) is 7. The largest absolute Gasteiger partial charge is 0.458 e. The molecule has 0 aromatic heterocycles. The van der Waals surface area contributed by atoms with Gasteiger partial charge in [0, 0.05) is 39.6 Å². The summed E-state index contributed by atoms with van der Waals surface area (Å²) >= 11 is 0. The first-order chi connectivity index (χ1) is 15.5. The molecule has 0 amide bonds. The Hall–Kier alpha value is -1.26. The van der Waals surface area contributed by atoms with E-state index in [0.29, 0.717) is 52.9 Å². The van der Waals surface area contributed by atoms with Gasteiger partial charge in [-0.2, -0.15) is 0 Å². The van der Waals surface area contributed by atoms with E-state index in [1.807, 2.05) is 41.5 Å². The van der Waals surface area contributed by atoms with E-state index in [4.69, 9.17) is 33.2 Å². The summed E-state index contributed by atoms with van der Waals surface area (Å²) in [6.07, 6.45) is 3.43. The van der Waals surface area contributed by atoms with E-state index >= 15 is 0 Å². The van der Waals surface area contributed by atoms with Crippen molar-refractivity contribution in [1.82, 2.24) is 0 Å². The lowest BCUT2D eigenvalue weighted by Crippen LogP contribution is -2.27. The van der Waals surface area contributed by atoms with Gasteiger partial charge in [-0.05, 0) is 67.2 Å². The zero-order valence-corrected chi connectivity index (χ0v) is 21.6. The molecule has 9 nitrogen and oxygen atoms in total. The number of carbonyl (C=O) groups is 2. The third kappa shape index (κ3) is 26.9. The summed E-state index contributed by atoms with van der Waals surface area (Å²) in [5.74, 6) is -0.718. The maximum absolute atomic E-state index is 11.5. The Morgan fingerprint density at radius 2 is 0.758 bits per heavy atom. The van der Waals surface area contributed by atoms with Crippen molar-refractivity contribution in [3.8, 4) is 0 Å². The SMILES string of the molecule is CC(C)(C)OC(=O)COCCCOCCCCOCCCOCCOCC(=O)OC(C)(C)C. The van der Waals surface area contributed by atoms with Crippen LogP contribution >= 0.6 is 0 Å². The fourth-order valence-corrected chi connectivity index (χ4v) is 2.41. The zero-order valence-electron chi connectivity index (χ0n) is 21.6. The van der Waals surface area contributed by atoms with Crippen LogP contribution in [-0.4, -0.2) is 89.2 Å². The molecule has 0 atom stereocenters. The van der Waals surface area contributed by atoms with Gasteiger partial charge in [-0.1, -0.05) is 0 Å². The molecule has 0 unspecified atom stereocenters. The third-order valence-corrected chi connectivity index (χ3v) is 3.63. The molecule has 0 bridgehead atoms. The number of esters is 2. The standard InChI is InChI=1S/C24H46O9/c1-23(2,3)32-21(25)19-30-16-10-14-28-12-8-7-11-27-13-9-15-29-17-18-31-20-22(26)33-24(4,5)6/h7-20H2,1-6H3. The Bertz CT molecular complexity index is 451. The first kappa shape index (κ1) is 31.7. The van der Waals surface area contributed by atoms with Crippen LogP contribution in [0.5, 0.6) is 0 Å². The Balaban J connectivity index is 3.22. The molecule has 0 rings (SSSR count). The fraction of sp³-hybridized carbons (Fsp3) is 0.917. The van der Waals surface area contributed by atoms with Crippen LogP contribution in [0.1, 0.15) is 67.2 Å². The lowest BCUT2D eigenvalue weighted by Gasteiger charge is -2.19.